The van der Waals surface area contributed by atoms with Gasteiger partial charge in [0.25, 0.3) is 0 Å². The van der Waals surface area contributed by atoms with Crippen molar-refractivity contribution in [3.8, 4) is 0 Å². The number of aliphatic hydroxyl groups excluding tert-OH is 1. The molecule has 130 valence electrons. The van der Waals surface area contributed by atoms with Gasteiger partial charge in [0.2, 0.25) is 0 Å². The van der Waals surface area contributed by atoms with E-state index in [9.17, 15) is 5.11 Å². The van der Waals surface area contributed by atoms with Gasteiger partial charge in [-0.05, 0) is 44.7 Å². The van der Waals surface area contributed by atoms with Gasteiger partial charge >= 0.3 is 0 Å². The van der Waals surface area contributed by atoms with Crippen molar-refractivity contribution in [2.45, 2.75) is 90.8 Å². The van der Waals surface area contributed by atoms with Crippen LogP contribution in [0.4, 0.5) is 0 Å². The number of hydrogen-bond donors (Lipinski definition) is 2. The average Bonchev–Trinajstić information content (AvgIpc) is 2.53. The second kappa shape index (κ2) is 8.12. The minimum Gasteiger partial charge on any atom is -0.392 e. The fraction of sp³-hybridized carbons (Fsp3) is 1.00. The van der Waals surface area contributed by atoms with Gasteiger partial charge in [-0.25, -0.2) is 0 Å². The van der Waals surface area contributed by atoms with Gasteiger partial charge in [0.05, 0.1) is 6.10 Å². The van der Waals surface area contributed by atoms with Gasteiger partial charge in [0.15, 0.2) is 0 Å². The molecule has 1 aliphatic heterocycles. The van der Waals surface area contributed by atoms with Crippen molar-refractivity contribution in [1.82, 2.24) is 10.2 Å². The summed E-state index contributed by atoms with van der Waals surface area (Å²) in [6.07, 6.45) is 9.46. The standard InChI is InChI=1S/C19H38N2O/c1-15(2)18(22)19(3,4)14-20-16-10-12-21(13-11-16)17-8-6-5-7-9-17/h15-18,20,22H,5-14H2,1-4H3. The van der Waals surface area contributed by atoms with E-state index in [4.69, 9.17) is 0 Å². The first-order valence-corrected chi connectivity index (χ1v) is 9.55. The third kappa shape index (κ3) is 4.94. The Morgan fingerprint density at radius 2 is 1.64 bits per heavy atom. The number of rotatable bonds is 6. The normalized spacial score (nSPS) is 24.8. The second-order valence-electron chi connectivity index (χ2n) is 8.66. The van der Waals surface area contributed by atoms with Crippen LogP contribution in [-0.2, 0) is 0 Å². The van der Waals surface area contributed by atoms with Gasteiger partial charge in [0, 0.05) is 24.0 Å². The Morgan fingerprint density at radius 3 is 2.18 bits per heavy atom. The predicted molar refractivity (Wildman–Crippen MR) is 94.1 cm³/mol. The molecule has 0 spiro atoms. The van der Waals surface area contributed by atoms with Crippen LogP contribution in [0.2, 0.25) is 0 Å². The number of likely N-dealkylation sites (tertiary alicyclic amines) is 1. The zero-order chi connectivity index (χ0) is 16.2. The van der Waals surface area contributed by atoms with E-state index in [-0.39, 0.29) is 11.5 Å². The smallest absolute Gasteiger partial charge is 0.0626 e. The van der Waals surface area contributed by atoms with E-state index in [2.05, 4.69) is 37.9 Å². The second-order valence-corrected chi connectivity index (χ2v) is 8.66. The molecule has 1 saturated heterocycles. The molecular formula is C19H38N2O. The van der Waals surface area contributed by atoms with Gasteiger partial charge in [0.1, 0.15) is 0 Å². The molecule has 1 heterocycles. The zero-order valence-electron chi connectivity index (χ0n) is 15.3. The summed E-state index contributed by atoms with van der Waals surface area (Å²) in [6, 6.07) is 1.51. The van der Waals surface area contributed by atoms with Crippen LogP contribution in [0.3, 0.4) is 0 Å². The monoisotopic (exact) mass is 310 g/mol. The molecule has 22 heavy (non-hydrogen) atoms. The molecule has 3 heteroatoms. The van der Waals surface area contributed by atoms with E-state index in [1.54, 1.807) is 0 Å². The molecule has 2 N–H and O–H groups in total. The highest BCUT2D eigenvalue weighted by atomic mass is 16.3. The minimum absolute atomic E-state index is 0.0470. The van der Waals surface area contributed by atoms with Crippen LogP contribution < -0.4 is 5.32 Å². The summed E-state index contributed by atoms with van der Waals surface area (Å²) in [5.74, 6) is 0.324. The van der Waals surface area contributed by atoms with E-state index >= 15 is 0 Å². The number of nitrogens with one attached hydrogen (secondary N) is 1. The molecule has 3 nitrogen and oxygen atoms in total. The molecule has 1 aliphatic carbocycles. The van der Waals surface area contributed by atoms with E-state index in [0.29, 0.717) is 12.0 Å². The van der Waals surface area contributed by atoms with Crippen molar-refractivity contribution in [3.05, 3.63) is 0 Å². The Kier molecular flexibility index (Phi) is 6.73. The first kappa shape index (κ1) is 18.2. The average molecular weight is 311 g/mol. The van der Waals surface area contributed by atoms with Crippen molar-refractivity contribution >= 4 is 0 Å². The number of nitrogens with zero attached hydrogens (tertiary/aromatic N) is 1. The molecule has 0 aromatic heterocycles. The molecule has 0 aromatic carbocycles. The summed E-state index contributed by atoms with van der Waals surface area (Å²) in [7, 11) is 0. The van der Waals surface area contributed by atoms with Gasteiger partial charge < -0.3 is 15.3 Å². The van der Waals surface area contributed by atoms with Gasteiger partial charge in [-0.3, -0.25) is 0 Å². The largest absolute Gasteiger partial charge is 0.392 e. The molecule has 0 aromatic rings. The van der Waals surface area contributed by atoms with Crippen LogP contribution in [0.25, 0.3) is 0 Å². The minimum atomic E-state index is -0.234. The van der Waals surface area contributed by atoms with Crippen molar-refractivity contribution < 1.29 is 5.11 Å². The number of aliphatic hydroxyl groups is 1. The summed E-state index contributed by atoms with van der Waals surface area (Å²) in [4.78, 5) is 2.74. The number of hydrogen-bond acceptors (Lipinski definition) is 3. The van der Waals surface area contributed by atoms with Crippen LogP contribution in [-0.4, -0.2) is 47.8 Å². The maximum atomic E-state index is 10.3. The highest BCUT2D eigenvalue weighted by molar-refractivity contribution is 4.87. The zero-order valence-corrected chi connectivity index (χ0v) is 15.3. The van der Waals surface area contributed by atoms with Crippen LogP contribution in [0.5, 0.6) is 0 Å². The SMILES string of the molecule is CC(C)C(O)C(C)(C)CNC1CCN(C2CCCCC2)CC1. The topological polar surface area (TPSA) is 35.5 Å². The van der Waals surface area contributed by atoms with E-state index in [1.165, 1.54) is 58.0 Å². The fourth-order valence-corrected chi connectivity index (χ4v) is 4.33. The van der Waals surface area contributed by atoms with Crippen LogP contribution in [0.1, 0.15) is 72.6 Å². The molecule has 1 saturated carbocycles. The van der Waals surface area contributed by atoms with Gasteiger partial charge in [-0.1, -0.05) is 47.0 Å². The summed E-state index contributed by atoms with van der Waals surface area (Å²) in [5, 5.41) is 14.1. The summed E-state index contributed by atoms with van der Waals surface area (Å²) >= 11 is 0. The maximum absolute atomic E-state index is 10.3. The quantitative estimate of drug-likeness (QED) is 0.789. The van der Waals surface area contributed by atoms with Crippen molar-refractivity contribution in [2.24, 2.45) is 11.3 Å². The first-order chi connectivity index (χ1) is 10.4. The third-order valence-electron chi connectivity index (χ3n) is 5.90. The molecule has 0 amide bonds. The first-order valence-electron chi connectivity index (χ1n) is 9.55. The lowest BCUT2D eigenvalue weighted by atomic mass is 9.80. The fourth-order valence-electron chi connectivity index (χ4n) is 4.33. The Morgan fingerprint density at radius 1 is 1.05 bits per heavy atom. The Labute approximate surface area is 137 Å². The molecule has 0 radical (unpaired) electrons. The molecule has 2 aliphatic rings. The number of piperidine rings is 1. The third-order valence-corrected chi connectivity index (χ3v) is 5.90. The van der Waals surface area contributed by atoms with Crippen LogP contribution in [0, 0.1) is 11.3 Å². The van der Waals surface area contributed by atoms with Crippen molar-refractivity contribution in [3.63, 3.8) is 0 Å². The maximum Gasteiger partial charge on any atom is 0.0626 e. The Balaban J connectivity index is 1.71. The van der Waals surface area contributed by atoms with E-state index in [0.717, 1.165) is 12.6 Å². The van der Waals surface area contributed by atoms with E-state index < -0.39 is 0 Å². The van der Waals surface area contributed by atoms with E-state index in [1.807, 2.05) is 0 Å². The van der Waals surface area contributed by atoms with Crippen molar-refractivity contribution in [2.75, 3.05) is 19.6 Å². The molecule has 0 bridgehead atoms. The molecule has 2 fully saturated rings. The molecule has 1 atom stereocenters. The van der Waals surface area contributed by atoms with Crippen molar-refractivity contribution in [1.29, 1.82) is 0 Å². The Bertz CT molecular complexity index is 315. The van der Waals surface area contributed by atoms with Crippen LogP contribution >= 0.6 is 0 Å². The summed E-state index contributed by atoms with van der Waals surface area (Å²) in [5.41, 5.74) is -0.0470. The molecular weight excluding hydrogens is 272 g/mol. The lowest BCUT2D eigenvalue weighted by molar-refractivity contribution is 0.0101. The molecule has 1 unspecified atom stereocenters. The van der Waals surface area contributed by atoms with Gasteiger partial charge in [-0.15, -0.1) is 0 Å². The summed E-state index contributed by atoms with van der Waals surface area (Å²) in [6.45, 7) is 12.0. The summed E-state index contributed by atoms with van der Waals surface area (Å²) < 4.78 is 0. The molecule has 2 rings (SSSR count). The van der Waals surface area contributed by atoms with Gasteiger partial charge in [-0.2, -0.15) is 0 Å². The highest BCUT2D eigenvalue weighted by Crippen LogP contribution is 2.27. The van der Waals surface area contributed by atoms with Crippen LogP contribution in [0.15, 0.2) is 0 Å². The highest BCUT2D eigenvalue weighted by Gasteiger charge is 2.32. The predicted octanol–water partition coefficient (Wildman–Crippen LogP) is 3.42. The Hall–Kier alpha value is -0.120. The lowest BCUT2D eigenvalue weighted by Crippen LogP contribution is -2.50. The lowest BCUT2D eigenvalue weighted by Gasteiger charge is -2.41.